The number of hydrogen-bond acceptors (Lipinski definition) is 1. The molecular formula is C15H20BrNO. The van der Waals surface area contributed by atoms with Crippen molar-refractivity contribution in [2.24, 2.45) is 0 Å². The number of carbonyl (C=O) groups is 1. The second-order valence-corrected chi connectivity index (χ2v) is 5.95. The Kier molecular flexibility index (Phi) is 4.10. The highest BCUT2D eigenvalue weighted by Gasteiger charge is 2.34. The van der Waals surface area contributed by atoms with Crippen molar-refractivity contribution in [1.82, 2.24) is 5.32 Å². The maximum atomic E-state index is 12.4. The van der Waals surface area contributed by atoms with Gasteiger partial charge in [-0.2, -0.15) is 0 Å². The molecule has 0 heterocycles. The number of rotatable bonds is 3. The van der Waals surface area contributed by atoms with E-state index in [1.807, 2.05) is 26.0 Å². The van der Waals surface area contributed by atoms with E-state index in [1.54, 1.807) is 0 Å². The predicted octanol–water partition coefficient (Wildman–Crippen LogP) is 3.74. The summed E-state index contributed by atoms with van der Waals surface area (Å²) in [4.78, 5) is 12.4. The van der Waals surface area contributed by atoms with E-state index >= 15 is 0 Å². The highest BCUT2D eigenvalue weighted by Crippen LogP contribution is 2.31. The summed E-state index contributed by atoms with van der Waals surface area (Å²) in [6.07, 6.45) is 4.57. The molecule has 0 saturated heterocycles. The largest absolute Gasteiger partial charge is 0.346 e. The van der Waals surface area contributed by atoms with Crippen molar-refractivity contribution in [2.45, 2.75) is 45.1 Å². The third-order valence-electron chi connectivity index (χ3n) is 3.82. The molecule has 0 spiro atoms. The van der Waals surface area contributed by atoms with Crippen molar-refractivity contribution < 1.29 is 4.79 Å². The lowest BCUT2D eigenvalue weighted by atomic mass is 9.98. The Bertz CT molecular complexity index is 450. The summed E-state index contributed by atoms with van der Waals surface area (Å²) in [7, 11) is 0. The Morgan fingerprint density at radius 1 is 1.33 bits per heavy atom. The zero-order valence-corrected chi connectivity index (χ0v) is 12.6. The Balaban J connectivity index is 2.16. The molecule has 0 atom stereocenters. The fraction of sp³-hybridized carbons (Fsp3) is 0.533. The van der Waals surface area contributed by atoms with Gasteiger partial charge in [0.05, 0.1) is 5.54 Å². The summed E-state index contributed by atoms with van der Waals surface area (Å²) < 4.78 is 0. The Labute approximate surface area is 117 Å². The molecule has 98 valence electrons. The van der Waals surface area contributed by atoms with Gasteiger partial charge in [-0.05, 0) is 38.3 Å². The highest BCUT2D eigenvalue weighted by molar-refractivity contribution is 9.09. The molecule has 0 unspecified atom stereocenters. The van der Waals surface area contributed by atoms with Gasteiger partial charge in [-0.25, -0.2) is 0 Å². The molecule has 1 fully saturated rings. The summed E-state index contributed by atoms with van der Waals surface area (Å²) in [5, 5.41) is 4.08. The molecule has 0 radical (unpaired) electrons. The first-order valence-electron chi connectivity index (χ1n) is 6.52. The van der Waals surface area contributed by atoms with Crippen LogP contribution in [0.25, 0.3) is 0 Å². The van der Waals surface area contributed by atoms with Crippen molar-refractivity contribution in [3.8, 4) is 0 Å². The van der Waals surface area contributed by atoms with Crippen LogP contribution in [0.1, 0.15) is 47.2 Å². The standard InChI is InChI=1S/C15H20BrNO/c1-11-5-6-13(12(2)9-11)14(18)17-15(10-16)7-3-4-8-15/h5-6,9H,3-4,7-8,10H2,1-2H3,(H,17,18). The molecule has 1 aliphatic rings. The molecule has 1 amide bonds. The molecule has 3 heteroatoms. The minimum atomic E-state index is -0.0333. The molecule has 0 aromatic heterocycles. The first kappa shape index (κ1) is 13.6. The van der Waals surface area contributed by atoms with Gasteiger partial charge in [0.2, 0.25) is 0 Å². The lowest BCUT2D eigenvalue weighted by Gasteiger charge is -2.28. The van der Waals surface area contributed by atoms with Crippen LogP contribution in [-0.4, -0.2) is 16.8 Å². The number of hydrogen-bond donors (Lipinski definition) is 1. The normalized spacial score (nSPS) is 17.7. The monoisotopic (exact) mass is 309 g/mol. The number of nitrogens with one attached hydrogen (secondary N) is 1. The number of amides is 1. The van der Waals surface area contributed by atoms with Gasteiger partial charge in [0.15, 0.2) is 0 Å². The summed E-state index contributed by atoms with van der Waals surface area (Å²) in [5.41, 5.74) is 3.01. The van der Waals surface area contributed by atoms with Gasteiger partial charge >= 0.3 is 0 Å². The number of halogens is 1. The van der Waals surface area contributed by atoms with Crippen LogP contribution in [-0.2, 0) is 0 Å². The van der Waals surface area contributed by atoms with Gasteiger partial charge in [0, 0.05) is 10.9 Å². The Morgan fingerprint density at radius 3 is 2.56 bits per heavy atom. The molecule has 0 aliphatic heterocycles. The minimum absolute atomic E-state index is 0.0333. The van der Waals surface area contributed by atoms with Crippen LogP contribution in [0, 0.1) is 13.8 Å². The van der Waals surface area contributed by atoms with E-state index < -0.39 is 0 Å². The number of aryl methyl sites for hydroxylation is 2. The molecule has 0 bridgehead atoms. The average molecular weight is 310 g/mol. The van der Waals surface area contributed by atoms with Crippen molar-refractivity contribution in [1.29, 1.82) is 0 Å². The molecule has 1 saturated carbocycles. The van der Waals surface area contributed by atoms with Crippen LogP contribution in [0.3, 0.4) is 0 Å². The fourth-order valence-corrected chi connectivity index (χ4v) is 3.42. The lowest BCUT2D eigenvalue weighted by Crippen LogP contribution is -2.47. The van der Waals surface area contributed by atoms with Gasteiger partial charge in [-0.1, -0.05) is 46.5 Å². The van der Waals surface area contributed by atoms with Crippen LogP contribution in [0.15, 0.2) is 18.2 Å². The van der Waals surface area contributed by atoms with Crippen LogP contribution < -0.4 is 5.32 Å². The molecule has 1 aromatic rings. The summed E-state index contributed by atoms with van der Waals surface area (Å²) >= 11 is 3.55. The fourth-order valence-electron chi connectivity index (χ4n) is 2.72. The van der Waals surface area contributed by atoms with Crippen molar-refractivity contribution in [3.63, 3.8) is 0 Å². The van der Waals surface area contributed by atoms with Gasteiger partial charge in [0.1, 0.15) is 0 Å². The van der Waals surface area contributed by atoms with Crippen molar-refractivity contribution in [2.75, 3.05) is 5.33 Å². The van der Waals surface area contributed by atoms with Crippen LogP contribution in [0.2, 0.25) is 0 Å². The molecule has 1 aromatic carbocycles. The molecule has 2 rings (SSSR count). The molecule has 1 N–H and O–H groups in total. The van der Waals surface area contributed by atoms with E-state index in [0.717, 1.165) is 29.3 Å². The second kappa shape index (κ2) is 5.43. The number of benzene rings is 1. The average Bonchev–Trinajstić information content (AvgIpc) is 2.78. The van der Waals surface area contributed by atoms with E-state index in [2.05, 4.69) is 27.3 Å². The maximum Gasteiger partial charge on any atom is 0.252 e. The molecular weight excluding hydrogens is 290 g/mol. The topological polar surface area (TPSA) is 29.1 Å². The Morgan fingerprint density at radius 2 is 2.00 bits per heavy atom. The van der Waals surface area contributed by atoms with E-state index in [1.165, 1.54) is 18.4 Å². The summed E-state index contributed by atoms with van der Waals surface area (Å²) in [6.45, 7) is 4.04. The number of alkyl halides is 1. The van der Waals surface area contributed by atoms with Gasteiger partial charge in [-0.3, -0.25) is 4.79 Å². The van der Waals surface area contributed by atoms with E-state index in [0.29, 0.717) is 0 Å². The first-order chi connectivity index (χ1) is 8.56. The molecule has 18 heavy (non-hydrogen) atoms. The smallest absolute Gasteiger partial charge is 0.252 e. The van der Waals surface area contributed by atoms with Gasteiger partial charge in [0.25, 0.3) is 5.91 Å². The molecule has 2 nitrogen and oxygen atoms in total. The summed E-state index contributed by atoms with van der Waals surface area (Å²) in [5.74, 6) is 0.0638. The quantitative estimate of drug-likeness (QED) is 0.847. The minimum Gasteiger partial charge on any atom is -0.346 e. The number of carbonyl (C=O) groups excluding carboxylic acids is 1. The predicted molar refractivity (Wildman–Crippen MR) is 78.4 cm³/mol. The van der Waals surface area contributed by atoms with Gasteiger partial charge < -0.3 is 5.32 Å². The van der Waals surface area contributed by atoms with Crippen molar-refractivity contribution >= 4 is 21.8 Å². The van der Waals surface area contributed by atoms with Gasteiger partial charge in [-0.15, -0.1) is 0 Å². The van der Waals surface area contributed by atoms with Crippen LogP contribution in [0.4, 0.5) is 0 Å². The second-order valence-electron chi connectivity index (χ2n) is 5.39. The third-order valence-corrected chi connectivity index (χ3v) is 4.90. The van der Waals surface area contributed by atoms with Crippen LogP contribution >= 0.6 is 15.9 Å². The third kappa shape index (κ3) is 2.77. The summed E-state index contributed by atoms with van der Waals surface area (Å²) in [6, 6.07) is 5.98. The van der Waals surface area contributed by atoms with E-state index in [4.69, 9.17) is 0 Å². The van der Waals surface area contributed by atoms with Crippen LogP contribution in [0.5, 0.6) is 0 Å². The van der Waals surface area contributed by atoms with E-state index in [-0.39, 0.29) is 11.4 Å². The zero-order chi connectivity index (χ0) is 13.2. The SMILES string of the molecule is Cc1ccc(C(=O)NC2(CBr)CCCC2)c(C)c1. The lowest BCUT2D eigenvalue weighted by molar-refractivity contribution is 0.0910. The zero-order valence-electron chi connectivity index (χ0n) is 11.1. The maximum absolute atomic E-state index is 12.4. The Hall–Kier alpha value is -0.830. The van der Waals surface area contributed by atoms with Crippen molar-refractivity contribution in [3.05, 3.63) is 34.9 Å². The first-order valence-corrected chi connectivity index (χ1v) is 7.64. The highest BCUT2D eigenvalue weighted by atomic mass is 79.9. The van der Waals surface area contributed by atoms with E-state index in [9.17, 15) is 4.79 Å². The molecule has 1 aliphatic carbocycles.